The molecule has 1 rings (SSSR count). The van der Waals surface area contributed by atoms with Crippen LogP contribution in [0.2, 0.25) is 4.34 Å². The maximum atomic E-state index is 5.94. The van der Waals surface area contributed by atoms with Gasteiger partial charge in [-0.1, -0.05) is 18.5 Å². The second-order valence-corrected chi connectivity index (χ2v) is 5.06. The van der Waals surface area contributed by atoms with Crippen molar-refractivity contribution in [1.29, 1.82) is 0 Å². The van der Waals surface area contributed by atoms with E-state index in [1.54, 1.807) is 11.3 Å². The predicted molar refractivity (Wildman–Crippen MR) is 66.8 cm³/mol. The molecule has 0 spiro atoms. The molecule has 0 aliphatic carbocycles. The average molecular weight is 248 g/mol. The van der Waals surface area contributed by atoms with Crippen LogP contribution >= 0.6 is 22.9 Å². The highest BCUT2D eigenvalue weighted by Gasteiger charge is 2.21. The average Bonchev–Trinajstić information content (AvgIpc) is 2.64. The first kappa shape index (κ1) is 13.0. The third kappa shape index (κ3) is 3.45. The van der Waals surface area contributed by atoms with Crippen molar-refractivity contribution in [3.8, 4) is 0 Å². The van der Waals surface area contributed by atoms with E-state index in [-0.39, 0.29) is 12.1 Å². The normalized spacial score (nSPS) is 15.2. The number of likely N-dealkylation sites (N-methyl/N-ethyl adjacent to an activating group) is 1. The largest absolute Gasteiger partial charge is 0.377 e. The molecule has 0 aromatic carbocycles. The van der Waals surface area contributed by atoms with Gasteiger partial charge in [-0.3, -0.25) is 0 Å². The van der Waals surface area contributed by atoms with Gasteiger partial charge in [0.15, 0.2) is 0 Å². The van der Waals surface area contributed by atoms with Gasteiger partial charge in [0.2, 0.25) is 0 Å². The first-order chi connectivity index (χ1) is 7.22. The minimum atomic E-state index is 0.217. The van der Waals surface area contributed by atoms with Gasteiger partial charge in [0.1, 0.15) is 0 Å². The Morgan fingerprint density at radius 1 is 1.47 bits per heavy atom. The van der Waals surface area contributed by atoms with E-state index < -0.39 is 0 Å². The summed E-state index contributed by atoms with van der Waals surface area (Å²) < 4.78 is 6.54. The molecule has 0 radical (unpaired) electrons. The van der Waals surface area contributed by atoms with Gasteiger partial charge in [0.25, 0.3) is 0 Å². The molecule has 1 N–H and O–H groups in total. The van der Waals surface area contributed by atoms with Crippen LogP contribution in [0.5, 0.6) is 0 Å². The summed E-state index contributed by atoms with van der Waals surface area (Å²) in [5, 5.41) is 3.29. The summed E-state index contributed by atoms with van der Waals surface area (Å²) in [7, 11) is 1.96. The SMILES string of the molecule is CCOC(CC)C(NC)c1ccc(Cl)s1. The molecular weight excluding hydrogens is 230 g/mol. The van der Waals surface area contributed by atoms with Crippen molar-refractivity contribution in [3.63, 3.8) is 0 Å². The summed E-state index contributed by atoms with van der Waals surface area (Å²) in [4.78, 5) is 1.24. The van der Waals surface area contributed by atoms with Gasteiger partial charge in [0.05, 0.1) is 16.5 Å². The molecule has 0 aliphatic heterocycles. The summed E-state index contributed by atoms with van der Waals surface area (Å²) in [5.41, 5.74) is 0. The third-order valence-electron chi connectivity index (χ3n) is 2.37. The number of halogens is 1. The van der Waals surface area contributed by atoms with Gasteiger partial charge in [-0.2, -0.15) is 0 Å². The fourth-order valence-corrected chi connectivity index (χ4v) is 2.89. The summed E-state index contributed by atoms with van der Waals surface area (Å²) in [6, 6.07) is 4.24. The zero-order valence-electron chi connectivity index (χ0n) is 9.42. The number of thiophene rings is 1. The minimum Gasteiger partial charge on any atom is -0.377 e. The first-order valence-electron chi connectivity index (χ1n) is 5.27. The van der Waals surface area contributed by atoms with Crippen LogP contribution < -0.4 is 5.32 Å². The smallest absolute Gasteiger partial charge is 0.0931 e. The van der Waals surface area contributed by atoms with Crippen molar-refractivity contribution in [2.75, 3.05) is 13.7 Å². The second-order valence-electron chi connectivity index (χ2n) is 3.31. The molecule has 1 heterocycles. The third-order valence-corrected chi connectivity index (χ3v) is 3.68. The minimum absolute atomic E-state index is 0.217. The van der Waals surface area contributed by atoms with E-state index in [0.29, 0.717) is 0 Å². The zero-order valence-corrected chi connectivity index (χ0v) is 11.0. The Kier molecular flexibility index (Phi) is 5.61. The summed E-state index contributed by atoms with van der Waals surface area (Å²) in [5.74, 6) is 0. The quantitative estimate of drug-likeness (QED) is 0.831. The van der Waals surface area contributed by atoms with Crippen molar-refractivity contribution in [3.05, 3.63) is 21.3 Å². The highest BCUT2D eigenvalue weighted by atomic mass is 35.5. The number of rotatable bonds is 6. The Bertz CT molecular complexity index is 290. The number of nitrogens with one attached hydrogen (secondary N) is 1. The molecule has 1 aromatic heterocycles. The van der Waals surface area contributed by atoms with Gasteiger partial charge < -0.3 is 10.1 Å². The molecule has 0 aliphatic rings. The lowest BCUT2D eigenvalue weighted by molar-refractivity contribution is 0.0343. The lowest BCUT2D eigenvalue weighted by atomic mass is 10.1. The van der Waals surface area contributed by atoms with Crippen LogP contribution in [-0.4, -0.2) is 19.8 Å². The Morgan fingerprint density at radius 2 is 2.20 bits per heavy atom. The molecule has 4 heteroatoms. The van der Waals surface area contributed by atoms with Gasteiger partial charge >= 0.3 is 0 Å². The lowest BCUT2D eigenvalue weighted by Crippen LogP contribution is -2.30. The molecular formula is C11H18ClNOS. The lowest BCUT2D eigenvalue weighted by Gasteiger charge is -2.24. The van der Waals surface area contributed by atoms with Gasteiger partial charge in [-0.15, -0.1) is 11.3 Å². The van der Waals surface area contributed by atoms with Crippen molar-refractivity contribution < 1.29 is 4.74 Å². The van der Waals surface area contributed by atoms with Crippen LogP contribution in [0.15, 0.2) is 12.1 Å². The van der Waals surface area contributed by atoms with Crippen LogP contribution in [0.1, 0.15) is 31.2 Å². The number of hydrogen-bond donors (Lipinski definition) is 1. The van der Waals surface area contributed by atoms with E-state index in [1.165, 1.54) is 4.88 Å². The number of hydrogen-bond acceptors (Lipinski definition) is 3. The van der Waals surface area contributed by atoms with Crippen LogP contribution in [0.4, 0.5) is 0 Å². The summed E-state index contributed by atoms with van der Waals surface area (Å²) >= 11 is 7.55. The summed E-state index contributed by atoms with van der Waals surface area (Å²) in [6.07, 6.45) is 1.21. The van der Waals surface area contributed by atoms with Crippen LogP contribution in [0, 0.1) is 0 Å². The molecule has 2 unspecified atom stereocenters. The van der Waals surface area contributed by atoms with Crippen LogP contribution in [0.3, 0.4) is 0 Å². The predicted octanol–water partition coefficient (Wildman–Crippen LogP) is 3.48. The topological polar surface area (TPSA) is 21.3 Å². The molecule has 0 bridgehead atoms. The maximum Gasteiger partial charge on any atom is 0.0931 e. The van der Waals surface area contributed by atoms with Gasteiger partial charge in [0, 0.05) is 11.5 Å². The molecule has 0 saturated carbocycles. The fourth-order valence-electron chi connectivity index (χ4n) is 1.67. The maximum absolute atomic E-state index is 5.94. The van der Waals surface area contributed by atoms with E-state index >= 15 is 0 Å². The highest BCUT2D eigenvalue weighted by molar-refractivity contribution is 7.16. The van der Waals surface area contributed by atoms with E-state index in [0.717, 1.165) is 17.4 Å². The Morgan fingerprint density at radius 3 is 2.60 bits per heavy atom. The zero-order chi connectivity index (χ0) is 11.3. The standard InChI is InChI=1S/C11H18ClNOS/c1-4-8(14-5-2)11(13-3)9-6-7-10(12)15-9/h6-8,11,13H,4-5H2,1-3H3. The molecule has 86 valence electrons. The van der Waals surface area contributed by atoms with Gasteiger partial charge in [-0.05, 0) is 32.5 Å². The van der Waals surface area contributed by atoms with Crippen LogP contribution in [0.25, 0.3) is 0 Å². The molecule has 2 nitrogen and oxygen atoms in total. The van der Waals surface area contributed by atoms with E-state index in [1.807, 2.05) is 20.0 Å². The van der Waals surface area contributed by atoms with Gasteiger partial charge in [-0.25, -0.2) is 0 Å². The second kappa shape index (κ2) is 6.48. The van der Waals surface area contributed by atoms with Crippen molar-refractivity contribution >= 4 is 22.9 Å². The molecule has 2 atom stereocenters. The fraction of sp³-hybridized carbons (Fsp3) is 0.636. The molecule has 15 heavy (non-hydrogen) atoms. The van der Waals surface area contributed by atoms with E-state index in [2.05, 4.69) is 18.3 Å². The Labute approximate surface area is 101 Å². The molecule has 1 aromatic rings. The van der Waals surface area contributed by atoms with E-state index in [4.69, 9.17) is 16.3 Å². The Hall–Kier alpha value is -0.0900. The molecule has 0 fully saturated rings. The van der Waals surface area contributed by atoms with Crippen molar-refractivity contribution in [1.82, 2.24) is 5.32 Å². The highest BCUT2D eigenvalue weighted by Crippen LogP contribution is 2.30. The molecule has 0 amide bonds. The van der Waals surface area contributed by atoms with Crippen molar-refractivity contribution in [2.24, 2.45) is 0 Å². The monoisotopic (exact) mass is 247 g/mol. The molecule has 0 saturated heterocycles. The Balaban J connectivity index is 2.76. The van der Waals surface area contributed by atoms with Crippen LogP contribution in [-0.2, 0) is 4.74 Å². The first-order valence-corrected chi connectivity index (χ1v) is 6.46. The van der Waals surface area contributed by atoms with E-state index in [9.17, 15) is 0 Å². The van der Waals surface area contributed by atoms with Crippen molar-refractivity contribution in [2.45, 2.75) is 32.4 Å². The summed E-state index contributed by atoms with van der Waals surface area (Å²) in [6.45, 7) is 4.91. The number of ether oxygens (including phenoxy) is 1.